The number of aromatic nitrogens is 2. The van der Waals surface area contributed by atoms with Crippen molar-refractivity contribution in [3.63, 3.8) is 0 Å². The zero-order valence-electron chi connectivity index (χ0n) is 10.7. The van der Waals surface area contributed by atoms with Gasteiger partial charge >= 0.3 is 0 Å². The maximum absolute atomic E-state index is 13.0. The Balaban J connectivity index is 1.95. The number of methoxy groups -OCH3 is 1. The van der Waals surface area contributed by atoms with Crippen LogP contribution in [0.3, 0.4) is 0 Å². The van der Waals surface area contributed by atoms with E-state index in [4.69, 9.17) is 4.74 Å². The monoisotopic (exact) mass is 343 g/mol. The van der Waals surface area contributed by atoms with E-state index >= 15 is 0 Å². The summed E-state index contributed by atoms with van der Waals surface area (Å²) in [6.45, 7) is 0.452. The lowest BCUT2D eigenvalue weighted by molar-refractivity contribution is 0.394. The summed E-state index contributed by atoms with van der Waals surface area (Å²) in [5.74, 6) is -0.357. The normalized spacial score (nSPS) is 10.4. The van der Waals surface area contributed by atoms with Crippen molar-refractivity contribution in [1.82, 2.24) is 9.97 Å². The minimum atomic E-state index is -0.582. The van der Waals surface area contributed by atoms with Crippen molar-refractivity contribution in [1.29, 1.82) is 0 Å². The first-order chi connectivity index (χ1) is 9.58. The summed E-state index contributed by atoms with van der Waals surface area (Å²) >= 11 is 3.25. The van der Waals surface area contributed by atoms with Gasteiger partial charge in [-0.1, -0.05) is 0 Å². The third-order valence-corrected chi connectivity index (χ3v) is 3.07. The molecule has 0 unspecified atom stereocenters. The van der Waals surface area contributed by atoms with Crippen molar-refractivity contribution in [3.05, 3.63) is 46.1 Å². The second kappa shape index (κ2) is 6.60. The molecule has 0 aliphatic rings. The van der Waals surface area contributed by atoms with E-state index in [2.05, 4.69) is 31.2 Å². The molecule has 0 atom stereocenters. The van der Waals surface area contributed by atoms with E-state index in [9.17, 15) is 8.78 Å². The van der Waals surface area contributed by atoms with E-state index in [1.807, 2.05) is 0 Å². The third kappa shape index (κ3) is 3.86. The van der Waals surface area contributed by atoms with Gasteiger partial charge in [0.1, 0.15) is 11.6 Å². The van der Waals surface area contributed by atoms with Crippen molar-refractivity contribution in [3.8, 4) is 5.88 Å². The molecule has 1 aromatic carbocycles. The van der Waals surface area contributed by atoms with E-state index in [0.717, 1.165) is 6.07 Å². The molecule has 0 spiro atoms. The van der Waals surface area contributed by atoms with Gasteiger partial charge in [-0.05, 0) is 40.0 Å². The van der Waals surface area contributed by atoms with E-state index in [0.29, 0.717) is 34.8 Å². The molecular weight excluding hydrogens is 332 g/mol. The fourth-order valence-corrected chi connectivity index (χ4v) is 2.01. The van der Waals surface area contributed by atoms with E-state index in [1.165, 1.54) is 19.2 Å². The van der Waals surface area contributed by atoms with E-state index in [1.54, 1.807) is 6.20 Å². The molecule has 1 aromatic heterocycles. The standard InChI is InChI=1S/C13H12BrF2N3O/c1-20-12-11(14)7-18-13(19-12)17-3-2-8-4-9(15)6-10(16)5-8/h4-7H,2-3H2,1H3,(H,17,18,19). The molecule has 20 heavy (non-hydrogen) atoms. The van der Waals surface area contributed by atoms with Crippen molar-refractivity contribution in [2.45, 2.75) is 6.42 Å². The first-order valence-corrected chi connectivity index (χ1v) is 6.63. The summed E-state index contributed by atoms with van der Waals surface area (Å²) < 4.78 is 31.7. The molecule has 2 aromatic rings. The van der Waals surface area contributed by atoms with E-state index < -0.39 is 11.6 Å². The predicted molar refractivity (Wildman–Crippen MR) is 74.8 cm³/mol. The van der Waals surface area contributed by atoms with Gasteiger partial charge < -0.3 is 10.1 Å². The van der Waals surface area contributed by atoms with Gasteiger partial charge in [0.05, 0.1) is 17.8 Å². The highest BCUT2D eigenvalue weighted by molar-refractivity contribution is 9.10. The maximum Gasteiger partial charge on any atom is 0.232 e. The molecular formula is C13H12BrF2N3O. The number of rotatable bonds is 5. The lowest BCUT2D eigenvalue weighted by Crippen LogP contribution is -2.08. The minimum Gasteiger partial charge on any atom is -0.480 e. The number of halogens is 3. The number of nitrogens with one attached hydrogen (secondary N) is 1. The van der Waals surface area contributed by atoms with Crippen LogP contribution in [0.2, 0.25) is 0 Å². The van der Waals surface area contributed by atoms with Crippen LogP contribution < -0.4 is 10.1 Å². The molecule has 106 valence electrons. The van der Waals surface area contributed by atoms with Crippen LogP contribution in [-0.4, -0.2) is 23.6 Å². The molecule has 0 amide bonds. The number of hydrogen-bond acceptors (Lipinski definition) is 4. The largest absolute Gasteiger partial charge is 0.480 e. The molecule has 1 heterocycles. The highest BCUT2D eigenvalue weighted by Crippen LogP contribution is 2.21. The van der Waals surface area contributed by atoms with Crippen molar-refractivity contribution >= 4 is 21.9 Å². The summed E-state index contributed by atoms with van der Waals surface area (Å²) in [4.78, 5) is 8.17. The van der Waals surface area contributed by atoms with Crippen LogP contribution in [0.15, 0.2) is 28.9 Å². The first kappa shape index (κ1) is 14.6. The zero-order valence-corrected chi connectivity index (χ0v) is 12.2. The number of hydrogen-bond donors (Lipinski definition) is 1. The lowest BCUT2D eigenvalue weighted by Gasteiger charge is -2.07. The van der Waals surface area contributed by atoms with Crippen LogP contribution in [0.4, 0.5) is 14.7 Å². The molecule has 7 heteroatoms. The van der Waals surface area contributed by atoms with Crippen molar-refractivity contribution in [2.24, 2.45) is 0 Å². The van der Waals surface area contributed by atoms with Gasteiger partial charge in [0.2, 0.25) is 11.8 Å². The summed E-state index contributed by atoms with van der Waals surface area (Å²) in [5, 5.41) is 2.97. The Hall–Kier alpha value is -1.76. The highest BCUT2D eigenvalue weighted by Gasteiger charge is 2.05. The number of benzene rings is 1. The molecule has 0 bridgehead atoms. The lowest BCUT2D eigenvalue weighted by atomic mass is 10.1. The smallest absolute Gasteiger partial charge is 0.232 e. The van der Waals surface area contributed by atoms with Crippen LogP contribution in [0.1, 0.15) is 5.56 Å². The highest BCUT2D eigenvalue weighted by atomic mass is 79.9. The van der Waals surface area contributed by atoms with Gasteiger partial charge in [-0.3, -0.25) is 0 Å². The summed E-state index contributed by atoms with van der Waals surface area (Å²) in [7, 11) is 1.51. The fraction of sp³-hybridized carbons (Fsp3) is 0.231. The Morgan fingerprint density at radius 1 is 1.25 bits per heavy atom. The van der Waals surface area contributed by atoms with Crippen molar-refractivity contribution in [2.75, 3.05) is 19.0 Å². The topological polar surface area (TPSA) is 47.0 Å². The van der Waals surface area contributed by atoms with Crippen LogP contribution in [0.5, 0.6) is 5.88 Å². The second-order valence-corrected chi connectivity index (χ2v) is 4.86. The van der Waals surface area contributed by atoms with Crippen molar-refractivity contribution < 1.29 is 13.5 Å². The van der Waals surface area contributed by atoms with E-state index in [-0.39, 0.29) is 0 Å². The molecule has 2 rings (SSSR count). The molecule has 0 aliphatic heterocycles. The van der Waals surface area contributed by atoms with Crippen LogP contribution in [-0.2, 0) is 6.42 Å². The summed E-state index contributed by atoms with van der Waals surface area (Å²) in [6.07, 6.45) is 2.02. The molecule has 0 fully saturated rings. The van der Waals surface area contributed by atoms with Gasteiger partial charge in [-0.25, -0.2) is 13.8 Å². The zero-order chi connectivity index (χ0) is 14.5. The molecule has 0 saturated carbocycles. The fourth-order valence-electron chi connectivity index (χ4n) is 1.65. The third-order valence-electron chi connectivity index (χ3n) is 2.52. The van der Waals surface area contributed by atoms with Gasteiger partial charge in [0, 0.05) is 12.6 Å². The maximum atomic E-state index is 13.0. The summed E-state index contributed by atoms with van der Waals surface area (Å²) in [6, 6.07) is 3.45. The second-order valence-electron chi connectivity index (χ2n) is 4.01. The Bertz CT molecular complexity index is 590. The molecule has 0 radical (unpaired) electrons. The van der Waals surface area contributed by atoms with Gasteiger partial charge in [-0.15, -0.1) is 0 Å². The molecule has 0 aliphatic carbocycles. The SMILES string of the molecule is COc1nc(NCCc2cc(F)cc(F)c2)ncc1Br. The Kier molecular flexibility index (Phi) is 4.84. The number of anilines is 1. The van der Waals surface area contributed by atoms with Gasteiger partial charge in [0.15, 0.2) is 0 Å². The van der Waals surface area contributed by atoms with Crippen LogP contribution in [0.25, 0.3) is 0 Å². The summed E-state index contributed by atoms with van der Waals surface area (Å²) in [5.41, 5.74) is 0.569. The quantitative estimate of drug-likeness (QED) is 0.905. The van der Waals surface area contributed by atoms with Crippen LogP contribution >= 0.6 is 15.9 Å². The van der Waals surface area contributed by atoms with Crippen LogP contribution in [0, 0.1) is 11.6 Å². The molecule has 4 nitrogen and oxygen atoms in total. The minimum absolute atomic E-state index is 0.391. The predicted octanol–water partition coefficient (Wildman–Crippen LogP) is 3.18. The Morgan fingerprint density at radius 3 is 2.60 bits per heavy atom. The number of ether oxygens (including phenoxy) is 1. The average Bonchev–Trinajstić information content (AvgIpc) is 2.39. The molecule has 1 N–H and O–H groups in total. The van der Waals surface area contributed by atoms with Gasteiger partial charge in [-0.2, -0.15) is 4.98 Å². The molecule has 0 saturated heterocycles. The Morgan fingerprint density at radius 2 is 1.95 bits per heavy atom. The van der Waals surface area contributed by atoms with Gasteiger partial charge in [0.25, 0.3) is 0 Å². The average molecular weight is 344 g/mol. The Labute approximate surface area is 123 Å². The number of nitrogens with zero attached hydrogens (tertiary/aromatic N) is 2. The first-order valence-electron chi connectivity index (χ1n) is 5.84.